The van der Waals surface area contributed by atoms with Crippen molar-refractivity contribution in [1.29, 1.82) is 0 Å². The molecule has 1 N–H and O–H groups in total. The number of hydrazone groups is 1. The van der Waals surface area contributed by atoms with Crippen molar-refractivity contribution < 1.29 is 18.4 Å². The summed E-state index contributed by atoms with van der Waals surface area (Å²) in [6, 6.07) is 10.4. The SMILES string of the molecule is O=C1NN=C(CSc2nnc(-c3ccco3)o2)Oc2ccccc21. The first kappa shape index (κ1) is 14.5. The molecule has 9 heteroatoms. The fourth-order valence-electron chi connectivity index (χ4n) is 2.02. The van der Waals surface area contributed by atoms with Crippen LogP contribution < -0.4 is 10.2 Å². The lowest BCUT2D eigenvalue weighted by molar-refractivity contribution is 0.0955. The molecular weight excluding hydrogens is 332 g/mol. The van der Waals surface area contributed by atoms with Crippen LogP contribution in [-0.4, -0.2) is 27.8 Å². The van der Waals surface area contributed by atoms with E-state index in [1.165, 1.54) is 18.0 Å². The van der Waals surface area contributed by atoms with E-state index in [9.17, 15) is 4.79 Å². The van der Waals surface area contributed by atoms with Gasteiger partial charge in [0.2, 0.25) is 5.90 Å². The summed E-state index contributed by atoms with van der Waals surface area (Å²) in [4.78, 5) is 11.9. The third kappa shape index (κ3) is 2.88. The van der Waals surface area contributed by atoms with Crippen LogP contribution in [0.1, 0.15) is 10.4 Å². The number of fused-ring (bicyclic) bond motifs is 1. The first-order valence-corrected chi connectivity index (χ1v) is 7.92. The summed E-state index contributed by atoms with van der Waals surface area (Å²) in [6.45, 7) is 0. The summed E-state index contributed by atoms with van der Waals surface area (Å²) < 4.78 is 16.3. The van der Waals surface area contributed by atoms with Crippen LogP contribution >= 0.6 is 11.8 Å². The van der Waals surface area contributed by atoms with E-state index in [0.29, 0.717) is 39.8 Å². The van der Waals surface area contributed by atoms with E-state index in [4.69, 9.17) is 13.6 Å². The average molecular weight is 342 g/mol. The van der Waals surface area contributed by atoms with Crippen molar-refractivity contribution in [3.63, 3.8) is 0 Å². The fourth-order valence-corrected chi connectivity index (χ4v) is 2.63. The van der Waals surface area contributed by atoms with Crippen LogP contribution in [0.3, 0.4) is 0 Å². The molecule has 3 heterocycles. The molecule has 0 radical (unpaired) electrons. The van der Waals surface area contributed by atoms with Gasteiger partial charge in [-0.15, -0.1) is 15.3 Å². The largest absolute Gasteiger partial charge is 0.459 e. The molecule has 1 aliphatic rings. The molecule has 120 valence electrons. The van der Waals surface area contributed by atoms with Gasteiger partial charge in [-0.25, -0.2) is 5.43 Å². The number of aromatic nitrogens is 2. The molecule has 3 aromatic rings. The molecule has 0 atom stereocenters. The number of rotatable bonds is 4. The van der Waals surface area contributed by atoms with Crippen molar-refractivity contribution in [1.82, 2.24) is 15.6 Å². The van der Waals surface area contributed by atoms with Crippen molar-refractivity contribution in [2.75, 3.05) is 5.75 Å². The van der Waals surface area contributed by atoms with E-state index < -0.39 is 0 Å². The summed E-state index contributed by atoms with van der Waals surface area (Å²) in [5.74, 6) is 1.57. The normalized spacial score (nSPS) is 13.5. The van der Waals surface area contributed by atoms with Gasteiger partial charge >= 0.3 is 0 Å². The highest BCUT2D eigenvalue weighted by atomic mass is 32.2. The number of carbonyl (C=O) groups is 1. The lowest BCUT2D eigenvalue weighted by atomic mass is 10.2. The zero-order valence-electron chi connectivity index (χ0n) is 12.1. The molecule has 1 aromatic carbocycles. The monoisotopic (exact) mass is 342 g/mol. The van der Waals surface area contributed by atoms with Crippen LogP contribution in [0.25, 0.3) is 11.7 Å². The number of carbonyl (C=O) groups excluding carboxylic acids is 1. The lowest BCUT2D eigenvalue weighted by Gasteiger charge is -2.05. The van der Waals surface area contributed by atoms with E-state index in [0.717, 1.165) is 0 Å². The molecule has 2 aromatic heterocycles. The maximum atomic E-state index is 11.9. The number of nitrogens with zero attached hydrogens (tertiary/aromatic N) is 3. The number of ether oxygens (including phenoxy) is 1. The molecule has 4 rings (SSSR count). The minimum atomic E-state index is -0.316. The summed E-state index contributed by atoms with van der Waals surface area (Å²) >= 11 is 1.24. The molecule has 0 aliphatic carbocycles. The molecule has 8 nitrogen and oxygen atoms in total. The Kier molecular flexibility index (Phi) is 3.75. The zero-order valence-corrected chi connectivity index (χ0v) is 12.9. The van der Waals surface area contributed by atoms with Crippen molar-refractivity contribution in [3.05, 3.63) is 48.2 Å². The van der Waals surface area contributed by atoms with Gasteiger partial charge in [0.15, 0.2) is 5.76 Å². The van der Waals surface area contributed by atoms with Crippen molar-refractivity contribution in [3.8, 4) is 17.4 Å². The summed E-state index contributed by atoms with van der Waals surface area (Å²) in [5.41, 5.74) is 2.87. The van der Waals surface area contributed by atoms with Crippen LogP contribution in [0.4, 0.5) is 0 Å². The highest BCUT2D eigenvalue weighted by Gasteiger charge is 2.19. The summed E-state index contributed by atoms with van der Waals surface area (Å²) in [6.07, 6.45) is 1.53. The minimum absolute atomic E-state index is 0.296. The second-order valence-corrected chi connectivity index (χ2v) is 5.61. The van der Waals surface area contributed by atoms with Gasteiger partial charge in [-0.1, -0.05) is 23.9 Å². The topological polar surface area (TPSA) is 103 Å². The first-order chi connectivity index (χ1) is 11.8. The van der Waals surface area contributed by atoms with Crippen molar-refractivity contribution >= 4 is 23.6 Å². The van der Waals surface area contributed by atoms with Gasteiger partial charge in [0.05, 0.1) is 17.6 Å². The lowest BCUT2D eigenvalue weighted by Crippen LogP contribution is -2.18. The van der Waals surface area contributed by atoms with Gasteiger partial charge in [-0.2, -0.15) is 0 Å². The number of furan rings is 1. The van der Waals surface area contributed by atoms with Crippen LogP contribution in [0.5, 0.6) is 5.75 Å². The number of hydrogen-bond acceptors (Lipinski definition) is 8. The summed E-state index contributed by atoms with van der Waals surface area (Å²) in [5, 5.41) is 12.1. The van der Waals surface area contributed by atoms with E-state index in [1.54, 1.807) is 36.4 Å². The minimum Gasteiger partial charge on any atom is -0.459 e. The van der Waals surface area contributed by atoms with Gasteiger partial charge in [-0.05, 0) is 24.3 Å². The highest BCUT2D eigenvalue weighted by molar-refractivity contribution is 7.99. The number of benzene rings is 1. The Morgan fingerprint density at radius 3 is 2.92 bits per heavy atom. The van der Waals surface area contributed by atoms with Crippen LogP contribution in [0.15, 0.2) is 61.8 Å². The van der Waals surface area contributed by atoms with Gasteiger partial charge < -0.3 is 13.6 Å². The van der Waals surface area contributed by atoms with Gasteiger partial charge in [0, 0.05) is 0 Å². The second-order valence-electron chi connectivity index (χ2n) is 4.68. The third-order valence-corrected chi connectivity index (χ3v) is 3.90. The number of hydrogen-bond donors (Lipinski definition) is 1. The Hall–Kier alpha value is -3.07. The standard InChI is InChI=1S/C15H10N4O4S/c20-13-9-4-1-2-5-10(9)22-12(16-17-13)8-24-15-19-18-14(23-15)11-6-3-7-21-11/h1-7H,8H2,(H,17,20). The molecule has 1 amide bonds. The third-order valence-electron chi connectivity index (χ3n) is 3.10. The average Bonchev–Trinajstić information content (AvgIpc) is 3.26. The van der Waals surface area contributed by atoms with Gasteiger partial charge in [-0.3, -0.25) is 4.79 Å². The van der Waals surface area contributed by atoms with Crippen LogP contribution in [0.2, 0.25) is 0 Å². The molecule has 0 spiro atoms. The number of nitrogens with one attached hydrogen (secondary N) is 1. The number of thioether (sulfide) groups is 1. The smallest absolute Gasteiger partial charge is 0.284 e. The quantitative estimate of drug-likeness (QED) is 0.727. The Balaban J connectivity index is 1.46. The predicted octanol–water partition coefficient (Wildman–Crippen LogP) is 2.56. The molecule has 0 saturated heterocycles. The Morgan fingerprint density at radius 1 is 1.12 bits per heavy atom. The molecule has 1 aliphatic heterocycles. The Bertz CT molecular complexity index is 904. The predicted molar refractivity (Wildman–Crippen MR) is 84.7 cm³/mol. The fraction of sp³-hybridized carbons (Fsp3) is 0.0667. The van der Waals surface area contributed by atoms with E-state index in [-0.39, 0.29) is 5.91 Å². The van der Waals surface area contributed by atoms with Gasteiger partial charge in [0.25, 0.3) is 17.0 Å². The Morgan fingerprint density at radius 2 is 2.04 bits per heavy atom. The number of para-hydroxylation sites is 1. The Labute approximate surface area is 139 Å². The van der Waals surface area contributed by atoms with Crippen molar-refractivity contribution in [2.45, 2.75) is 5.22 Å². The van der Waals surface area contributed by atoms with E-state index in [2.05, 4.69) is 20.7 Å². The second kappa shape index (κ2) is 6.20. The van der Waals surface area contributed by atoms with Crippen LogP contribution in [0, 0.1) is 0 Å². The highest BCUT2D eigenvalue weighted by Crippen LogP contribution is 2.25. The van der Waals surface area contributed by atoms with E-state index >= 15 is 0 Å². The number of amides is 1. The van der Waals surface area contributed by atoms with Crippen LogP contribution in [-0.2, 0) is 0 Å². The molecule has 0 unspecified atom stereocenters. The maximum absolute atomic E-state index is 11.9. The molecule has 0 saturated carbocycles. The molecule has 0 fully saturated rings. The molecular formula is C15H10N4O4S. The molecule has 0 bridgehead atoms. The zero-order chi connectivity index (χ0) is 16.4. The maximum Gasteiger partial charge on any atom is 0.284 e. The van der Waals surface area contributed by atoms with Crippen molar-refractivity contribution in [2.24, 2.45) is 5.10 Å². The molecule has 24 heavy (non-hydrogen) atoms. The van der Waals surface area contributed by atoms with E-state index in [1.807, 2.05) is 0 Å². The first-order valence-electron chi connectivity index (χ1n) is 6.93. The van der Waals surface area contributed by atoms with Gasteiger partial charge in [0.1, 0.15) is 5.75 Å². The summed E-state index contributed by atoms with van der Waals surface area (Å²) in [7, 11) is 0.